The van der Waals surface area contributed by atoms with Gasteiger partial charge < -0.3 is 4.57 Å². The molecule has 0 saturated carbocycles. The van der Waals surface area contributed by atoms with Crippen LogP contribution in [0.2, 0.25) is 0 Å². The predicted octanol–water partition coefficient (Wildman–Crippen LogP) is 11.7. The number of nitrogens with zero attached hydrogens (tertiary/aromatic N) is 1. The van der Waals surface area contributed by atoms with Crippen LogP contribution >= 0.6 is 22.7 Å². The van der Waals surface area contributed by atoms with Crippen molar-refractivity contribution in [3.63, 3.8) is 0 Å². The van der Waals surface area contributed by atoms with E-state index in [0.29, 0.717) is 0 Å². The molecule has 0 aliphatic heterocycles. The summed E-state index contributed by atoms with van der Waals surface area (Å²) in [5.41, 5.74) is 8.83. The lowest BCUT2D eigenvalue weighted by atomic mass is 10.0. The molecular formula is C38H23NS2. The van der Waals surface area contributed by atoms with Gasteiger partial charge in [-0.3, -0.25) is 0 Å². The number of para-hydroxylation sites is 2. The fourth-order valence-electron chi connectivity index (χ4n) is 6.26. The van der Waals surface area contributed by atoms with E-state index < -0.39 is 0 Å². The Labute approximate surface area is 245 Å². The van der Waals surface area contributed by atoms with Crippen molar-refractivity contribution in [1.82, 2.24) is 4.57 Å². The molecule has 0 spiro atoms. The Morgan fingerprint density at radius 3 is 1.61 bits per heavy atom. The predicted molar refractivity (Wildman–Crippen MR) is 180 cm³/mol. The summed E-state index contributed by atoms with van der Waals surface area (Å²) in [5.74, 6) is 0. The standard InChI is InChI=1S/C38H23NS2/c1-3-9-24(10-4-1)25-15-18-29-30-19-16-26(22-35(30)40-34(29)21-25)27-17-20-32-36(23-27)41-38-31-13-7-8-14-33(31)39(37(32)38)28-11-5-2-6-12-28/h1-23H. The molecule has 0 N–H and O–H groups in total. The van der Waals surface area contributed by atoms with Crippen molar-refractivity contribution < 1.29 is 0 Å². The molecule has 3 aromatic heterocycles. The molecule has 3 heterocycles. The maximum absolute atomic E-state index is 2.43. The molecule has 6 aromatic carbocycles. The first kappa shape index (κ1) is 23.0. The van der Waals surface area contributed by atoms with E-state index in [-0.39, 0.29) is 0 Å². The first-order chi connectivity index (χ1) is 20.3. The van der Waals surface area contributed by atoms with Gasteiger partial charge in [0.1, 0.15) is 0 Å². The molecular weight excluding hydrogens is 535 g/mol. The van der Waals surface area contributed by atoms with Crippen LogP contribution in [-0.4, -0.2) is 4.57 Å². The van der Waals surface area contributed by atoms with E-state index in [0.717, 1.165) is 0 Å². The summed E-state index contributed by atoms with van der Waals surface area (Å²) in [5, 5.41) is 5.29. The first-order valence-corrected chi connectivity index (χ1v) is 15.5. The van der Waals surface area contributed by atoms with Gasteiger partial charge in [0.15, 0.2) is 0 Å². The summed E-state index contributed by atoms with van der Waals surface area (Å²) >= 11 is 3.79. The average Bonchev–Trinajstić information content (AvgIpc) is 3.69. The van der Waals surface area contributed by atoms with E-state index >= 15 is 0 Å². The third-order valence-electron chi connectivity index (χ3n) is 8.21. The average molecular weight is 558 g/mol. The van der Waals surface area contributed by atoms with Gasteiger partial charge in [0.05, 0.1) is 15.7 Å². The van der Waals surface area contributed by atoms with Crippen molar-refractivity contribution in [2.24, 2.45) is 0 Å². The van der Waals surface area contributed by atoms with Crippen LogP contribution in [0.5, 0.6) is 0 Å². The molecule has 0 radical (unpaired) electrons. The molecule has 192 valence electrons. The zero-order chi connectivity index (χ0) is 26.9. The van der Waals surface area contributed by atoms with Crippen LogP contribution < -0.4 is 0 Å². The number of aromatic nitrogens is 1. The van der Waals surface area contributed by atoms with E-state index in [1.165, 1.54) is 79.3 Å². The highest BCUT2D eigenvalue weighted by Gasteiger charge is 2.18. The van der Waals surface area contributed by atoms with E-state index in [2.05, 4.69) is 144 Å². The highest BCUT2D eigenvalue weighted by atomic mass is 32.1. The van der Waals surface area contributed by atoms with Gasteiger partial charge in [-0.2, -0.15) is 0 Å². The normalized spacial score (nSPS) is 11.9. The maximum Gasteiger partial charge on any atom is 0.0727 e. The van der Waals surface area contributed by atoms with Gasteiger partial charge in [0.2, 0.25) is 0 Å². The number of hydrogen-bond acceptors (Lipinski definition) is 2. The lowest BCUT2D eigenvalue weighted by Gasteiger charge is -2.08. The topological polar surface area (TPSA) is 4.93 Å². The quantitative estimate of drug-likeness (QED) is 0.204. The Bertz CT molecular complexity index is 2410. The Kier molecular flexibility index (Phi) is 5.00. The minimum Gasteiger partial charge on any atom is -0.308 e. The van der Waals surface area contributed by atoms with Gasteiger partial charge in [-0.1, -0.05) is 103 Å². The lowest BCUT2D eigenvalue weighted by Crippen LogP contribution is -1.92. The molecule has 0 unspecified atom stereocenters. The molecule has 0 fully saturated rings. The minimum absolute atomic E-state index is 1.20. The van der Waals surface area contributed by atoms with Crippen LogP contribution in [0.15, 0.2) is 140 Å². The van der Waals surface area contributed by atoms with E-state index in [4.69, 9.17) is 0 Å². The van der Waals surface area contributed by atoms with Crippen LogP contribution in [-0.2, 0) is 0 Å². The van der Waals surface area contributed by atoms with Gasteiger partial charge in [-0.15, -0.1) is 22.7 Å². The van der Waals surface area contributed by atoms with Gasteiger partial charge in [0, 0.05) is 41.3 Å². The molecule has 0 atom stereocenters. The molecule has 0 aliphatic carbocycles. The van der Waals surface area contributed by atoms with Crippen LogP contribution in [0.1, 0.15) is 0 Å². The number of rotatable bonds is 3. The summed E-state index contributed by atoms with van der Waals surface area (Å²) in [6, 6.07) is 51.0. The number of fused-ring (bicyclic) bond motifs is 8. The molecule has 0 amide bonds. The van der Waals surface area contributed by atoms with Crippen LogP contribution in [0, 0.1) is 0 Å². The van der Waals surface area contributed by atoms with Gasteiger partial charge in [-0.25, -0.2) is 0 Å². The summed E-state index contributed by atoms with van der Waals surface area (Å²) < 4.78 is 7.78. The van der Waals surface area contributed by atoms with Crippen molar-refractivity contribution in [1.29, 1.82) is 0 Å². The van der Waals surface area contributed by atoms with E-state index in [1.54, 1.807) is 0 Å². The summed E-state index contributed by atoms with van der Waals surface area (Å²) in [6.45, 7) is 0. The number of thiophene rings is 2. The summed E-state index contributed by atoms with van der Waals surface area (Å²) in [4.78, 5) is 0. The third-order valence-corrected chi connectivity index (χ3v) is 10.5. The minimum atomic E-state index is 1.20. The molecule has 9 aromatic rings. The summed E-state index contributed by atoms with van der Waals surface area (Å²) in [7, 11) is 0. The zero-order valence-corrected chi connectivity index (χ0v) is 23.7. The first-order valence-electron chi connectivity index (χ1n) is 13.9. The molecule has 0 bridgehead atoms. The van der Waals surface area contributed by atoms with Gasteiger partial charge in [-0.05, 0) is 58.7 Å². The second-order valence-corrected chi connectivity index (χ2v) is 12.7. The van der Waals surface area contributed by atoms with E-state index in [9.17, 15) is 0 Å². The number of hydrogen-bond donors (Lipinski definition) is 0. The SMILES string of the molecule is c1ccc(-c2ccc3c(c2)sc2cc(-c4ccc5c(c4)sc4c6ccccc6n(-c6ccccc6)c54)ccc23)cc1. The largest absolute Gasteiger partial charge is 0.308 e. The second kappa shape index (κ2) is 8.90. The highest BCUT2D eigenvalue weighted by Crippen LogP contribution is 2.44. The molecule has 9 rings (SSSR count). The zero-order valence-electron chi connectivity index (χ0n) is 22.0. The Morgan fingerprint density at radius 2 is 0.927 bits per heavy atom. The lowest BCUT2D eigenvalue weighted by molar-refractivity contribution is 1.19. The molecule has 0 aliphatic rings. The number of benzene rings is 6. The van der Waals surface area contributed by atoms with Crippen LogP contribution in [0.25, 0.3) is 79.3 Å². The molecule has 0 saturated heterocycles. The maximum atomic E-state index is 2.43. The molecule has 1 nitrogen and oxygen atoms in total. The van der Waals surface area contributed by atoms with Crippen molar-refractivity contribution in [2.45, 2.75) is 0 Å². The third kappa shape index (κ3) is 3.53. The smallest absolute Gasteiger partial charge is 0.0727 e. The Balaban J connectivity index is 1.19. The van der Waals surface area contributed by atoms with Gasteiger partial charge >= 0.3 is 0 Å². The second-order valence-electron chi connectivity index (χ2n) is 10.6. The van der Waals surface area contributed by atoms with Crippen molar-refractivity contribution in [3.8, 4) is 27.9 Å². The van der Waals surface area contributed by atoms with Crippen molar-refractivity contribution >= 4 is 74.1 Å². The van der Waals surface area contributed by atoms with Crippen LogP contribution in [0.3, 0.4) is 0 Å². The highest BCUT2D eigenvalue weighted by molar-refractivity contribution is 7.27. The van der Waals surface area contributed by atoms with Gasteiger partial charge in [0.25, 0.3) is 0 Å². The monoisotopic (exact) mass is 557 g/mol. The van der Waals surface area contributed by atoms with Crippen molar-refractivity contribution in [2.75, 3.05) is 0 Å². The van der Waals surface area contributed by atoms with E-state index in [1.807, 2.05) is 22.7 Å². The summed E-state index contributed by atoms with van der Waals surface area (Å²) in [6.07, 6.45) is 0. The fraction of sp³-hybridized carbons (Fsp3) is 0. The Hall–Kier alpha value is -4.70. The van der Waals surface area contributed by atoms with Crippen molar-refractivity contribution in [3.05, 3.63) is 140 Å². The molecule has 41 heavy (non-hydrogen) atoms. The Morgan fingerprint density at radius 1 is 0.390 bits per heavy atom. The van der Waals surface area contributed by atoms with Crippen LogP contribution in [0.4, 0.5) is 0 Å². The fourth-order valence-corrected chi connectivity index (χ4v) is 8.71. The molecule has 3 heteroatoms.